The summed E-state index contributed by atoms with van der Waals surface area (Å²) in [6.45, 7) is 4.71. The lowest BCUT2D eigenvalue weighted by Gasteiger charge is -2.15. The lowest BCUT2D eigenvalue weighted by molar-refractivity contribution is -0.123. The van der Waals surface area contributed by atoms with Crippen molar-refractivity contribution in [1.82, 2.24) is 5.32 Å². The summed E-state index contributed by atoms with van der Waals surface area (Å²) in [5.74, 6) is 0.179. The second-order valence-electron chi connectivity index (χ2n) is 6.25. The first-order chi connectivity index (χ1) is 11.9. The maximum atomic E-state index is 11.0. The fourth-order valence-electron chi connectivity index (χ4n) is 2.55. The highest BCUT2D eigenvalue weighted by molar-refractivity contribution is 6.30. The van der Waals surface area contributed by atoms with Gasteiger partial charge in [-0.25, -0.2) is 0 Å². The Morgan fingerprint density at radius 1 is 1.16 bits per heavy atom. The molecule has 1 amide bonds. The van der Waals surface area contributed by atoms with E-state index in [0.717, 1.165) is 24.4 Å². The van der Waals surface area contributed by atoms with Crippen LogP contribution < -0.4 is 15.8 Å². The van der Waals surface area contributed by atoms with Gasteiger partial charge in [0.1, 0.15) is 5.75 Å². The molecule has 2 aromatic rings. The molecule has 0 saturated carbocycles. The number of carbonyl (C=O) groups excluding carboxylic acids is 1. The summed E-state index contributed by atoms with van der Waals surface area (Å²) in [7, 11) is 0. The highest BCUT2D eigenvalue weighted by Gasteiger charge is 2.10. The van der Waals surface area contributed by atoms with Gasteiger partial charge in [0.25, 0.3) is 5.91 Å². The molecular weight excluding hydrogens is 336 g/mol. The van der Waals surface area contributed by atoms with Gasteiger partial charge in [0, 0.05) is 11.1 Å². The number of benzene rings is 2. The summed E-state index contributed by atoms with van der Waals surface area (Å²) < 4.78 is 5.46. The van der Waals surface area contributed by atoms with Crippen molar-refractivity contribution in [3.63, 3.8) is 0 Å². The Labute approximate surface area is 154 Å². The molecule has 0 radical (unpaired) electrons. The quantitative estimate of drug-likeness (QED) is 0.720. The predicted octanol–water partition coefficient (Wildman–Crippen LogP) is 3.36. The van der Waals surface area contributed by atoms with Gasteiger partial charge in [0.05, 0.1) is 0 Å². The SMILES string of the molecule is CC(Cc1ccc(OC(C)C(N)=O)cc1)NCCc1cccc(Cl)c1. The molecule has 0 aromatic heterocycles. The van der Waals surface area contributed by atoms with Crippen LogP contribution in [0.15, 0.2) is 48.5 Å². The summed E-state index contributed by atoms with van der Waals surface area (Å²) in [5.41, 5.74) is 7.64. The van der Waals surface area contributed by atoms with Crippen LogP contribution >= 0.6 is 11.6 Å². The van der Waals surface area contributed by atoms with E-state index in [-0.39, 0.29) is 0 Å². The molecule has 5 heteroatoms. The molecule has 25 heavy (non-hydrogen) atoms. The number of hydrogen-bond acceptors (Lipinski definition) is 3. The Balaban J connectivity index is 1.76. The second-order valence-corrected chi connectivity index (χ2v) is 6.68. The van der Waals surface area contributed by atoms with Crippen LogP contribution in [0.25, 0.3) is 0 Å². The van der Waals surface area contributed by atoms with E-state index in [0.29, 0.717) is 11.8 Å². The van der Waals surface area contributed by atoms with E-state index >= 15 is 0 Å². The molecule has 134 valence electrons. The van der Waals surface area contributed by atoms with E-state index in [1.165, 1.54) is 11.1 Å². The lowest BCUT2D eigenvalue weighted by Crippen LogP contribution is -2.30. The first-order valence-corrected chi connectivity index (χ1v) is 8.84. The van der Waals surface area contributed by atoms with Crippen molar-refractivity contribution in [3.8, 4) is 5.75 Å². The minimum absolute atomic E-state index is 0.357. The van der Waals surface area contributed by atoms with Crippen LogP contribution in [-0.2, 0) is 17.6 Å². The van der Waals surface area contributed by atoms with Crippen molar-refractivity contribution in [1.29, 1.82) is 0 Å². The zero-order chi connectivity index (χ0) is 18.2. The Bertz CT molecular complexity index is 688. The Morgan fingerprint density at radius 2 is 1.88 bits per heavy atom. The number of primary amides is 1. The topological polar surface area (TPSA) is 64.3 Å². The van der Waals surface area contributed by atoms with Crippen molar-refractivity contribution in [3.05, 3.63) is 64.7 Å². The first kappa shape index (κ1) is 19.3. The molecule has 2 unspecified atom stereocenters. The smallest absolute Gasteiger partial charge is 0.258 e. The average Bonchev–Trinajstić information content (AvgIpc) is 2.56. The number of nitrogens with two attached hydrogens (primary N) is 1. The number of hydrogen-bond donors (Lipinski definition) is 2. The first-order valence-electron chi connectivity index (χ1n) is 8.47. The molecule has 0 saturated heterocycles. The molecule has 0 aliphatic carbocycles. The van der Waals surface area contributed by atoms with E-state index < -0.39 is 12.0 Å². The highest BCUT2D eigenvalue weighted by atomic mass is 35.5. The average molecular weight is 361 g/mol. The lowest BCUT2D eigenvalue weighted by atomic mass is 10.1. The number of rotatable bonds is 9. The van der Waals surface area contributed by atoms with E-state index in [2.05, 4.69) is 18.3 Å². The van der Waals surface area contributed by atoms with Crippen LogP contribution in [0.5, 0.6) is 5.75 Å². The van der Waals surface area contributed by atoms with Crippen molar-refractivity contribution in [2.75, 3.05) is 6.54 Å². The summed E-state index contributed by atoms with van der Waals surface area (Å²) in [5, 5.41) is 4.30. The molecule has 2 rings (SSSR count). The molecule has 4 nitrogen and oxygen atoms in total. The second kappa shape index (κ2) is 9.44. The molecule has 0 spiro atoms. The summed E-state index contributed by atoms with van der Waals surface area (Å²) >= 11 is 6.00. The maximum Gasteiger partial charge on any atom is 0.258 e. The Hall–Kier alpha value is -2.04. The number of carbonyl (C=O) groups is 1. The van der Waals surface area contributed by atoms with Gasteiger partial charge in [-0.05, 0) is 68.6 Å². The number of halogens is 1. The van der Waals surface area contributed by atoms with Gasteiger partial charge in [0.2, 0.25) is 0 Å². The zero-order valence-electron chi connectivity index (χ0n) is 14.7. The van der Waals surface area contributed by atoms with E-state index in [1.54, 1.807) is 6.92 Å². The summed E-state index contributed by atoms with van der Waals surface area (Å²) in [4.78, 5) is 11.0. The fourth-order valence-corrected chi connectivity index (χ4v) is 2.76. The van der Waals surface area contributed by atoms with Crippen LogP contribution in [0.1, 0.15) is 25.0 Å². The molecule has 0 fully saturated rings. The molecule has 2 atom stereocenters. The van der Waals surface area contributed by atoms with Crippen molar-refractivity contribution in [2.24, 2.45) is 5.73 Å². The minimum Gasteiger partial charge on any atom is -0.481 e. The van der Waals surface area contributed by atoms with E-state index in [1.807, 2.05) is 42.5 Å². The Kier molecular flexibility index (Phi) is 7.29. The van der Waals surface area contributed by atoms with Crippen LogP contribution in [0.3, 0.4) is 0 Å². The summed E-state index contributed by atoms with van der Waals surface area (Å²) in [6.07, 6.45) is 1.24. The van der Waals surface area contributed by atoms with Crippen molar-refractivity contribution < 1.29 is 9.53 Å². The standard InChI is InChI=1S/C20H25ClN2O2/c1-14(23-11-10-16-4-3-5-18(21)13-16)12-17-6-8-19(9-7-17)25-15(2)20(22)24/h3-9,13-15,23H,10-12H2,1-2H3,(H2,22,24). The van der Waals surface area contributed by atoms with Crippen molar-refractivity contribution in [2.45, 2.75) is 38.8 Å². The Morgan fingerprint density at radius 3 is 2.52 bits per heavy atom. The summed E-state index contributed by atoms with van der Waals surface area (Å²) in [6, 6.07) is 16.1. The minimum atomic E-state index is -0.627. The molecule has 0 aliphatic heterocycles. The van der Waals surface area contributed by atoms with Crippen LogP contribution in [-0.4, -0.2) is 24.6 Å². The molecule has 2 aromatic carbocycles. The largest absolute Gasteiger partial charge is 0.481 e. The van der Waals surface area contributed by atoms with Gasteiger partial charge in [-0.2, -0.15) is 0 Å². The predicted molar refractivity (Wildman–Crippen MR) is 102 cm³/mol. The molecule has 3 N–H and O–H groups in total. The van der Waals surface area contributed by atoms with Gasteiger partial charge in [0.15, 0.2) is 6.10 Å². The monoisotopic (exact) mass is 360 g/mol. The zero-order valence-corrected chi connectivity index (χ0v) is 15.4. The third-order valence-corrected chi connectivity index (χ3v) is 4.21. The molecule has 0 bridgehead atoms. The van der Waals surface area contributed by atoms with Crippen LogP contribution in [0.4, 0.5) is 0 Å². The highest BCUT2D eigenvalue weighted by Crippen LogP contribution is 2.15. The van der Waals surface area contributed by atoms with Gasteiger partial charge < -0.3 is 15.8 Å². The van der Waals surface area contributed by atoms with Gasteiger partial charge in [-0.15, -0.1) is 0 Å². The number of ether oxygens (including phenoxy) is 1. The normalized spacial score (nSPS) is 13.2. The van der Waals surface area contributed by atoms with Crippen molar-refractivity contribution >= 4 is 17.5 Å². The third-order valence-electron chi connectivity index (χ3n) is 3.97. The maximum absolute atomic E-state index is 11.0. The molecular formula is C20H25ClN2O2. The third kappa shape index (κ3) is 6.77. The van der Waals surface area contributed by atoms with E-state index in [4.69, 9.17) is 22.1 Å². The van der Waals surface area contributed by atoms with Gasteiger partial charge in [-0.3, -0.25) is 4.79 Å². The van der Waals surface area contributed by atoms with Crippen LogP contribution in [0, 0.1) is 0 Å². The van der Waals surface area contributed by atoms with E-state index in [9.17, 15) is 4.79 Å². The van der Waals surface area contributed by atoms with Crippen LogP contribution in [0.2, 0.25) is 5.02 Å². The van der Waals surface area contributed by atoms with Gasteiger partial charge in [-0.1, -0.05) is 35.9 Å². The van der Waals surface area contributed by atoms with Gasteiger partial charge >= 0.3 is 0 Å². The number of nitrogens with one attached hydrogen (secondary N) is 1. The fraction of sp³-hybridized carbons (Fsp3) is 0.350. The molecule has 0 heterocycles. The number of amides is 1. The molecule has 0 aliphatic rings.